The molecular weight excluding hydrogens is 424 g/mol. The fourth-order valence-electron chi connectivity index (χ4n) is 5.58. The lowest BCUT2D eigenvalue weighted by Crippen LogP contribution is -2.54. The van der Waals surface area contributed by atoms with Gasteiger partial charge in [0, 0.05) is 23.2 Å². The minimum absolute atomic E-state index is 0.00921. The summed E-state index contributed by atoms with van der Waals surface area (Å²) >= 11 is 0. The summed E-state index contributed by atoms with van der Waals surface area (Å²) in [6, 6.07) is 20.2. The third kappa shape index (κ3) is 3.94. The van der Waals surface area contributed by atoms with Crippen molar-refractivity contribution in [1.29, 1.82) is 5.26 Å². The van der Waals surface area contributed by atoms with Gasteiger partial charge in [-0.25, -0.2) is 9.97 Å². The summed E-state index contributed by atoms with van der Waals surface area (Å²) in [5.41, 5.74) is 3.38. The zero-order valence-corrected chi connectivity index (χ0v) is 19.6. The molecule has 0 radical (unpaired) electrons. The molecule has 1 spiro atoms. The summed E-state index contributed by atoms with van der Waals surface area (Å²) in [5.74, 6) is 0.563. The van der Waals surface area contributed by atoms with Crippen LogP contribution in [0.4, 0.5) is 5.69 Å². The lowest BCUT2D eigenvalue weighted by Gasteiger charge is -2.49. The van der Waals surface area contributed by atoms with Gasteiger partial charge in [0.1, 0.15) is 0 Å². The van der Waals surface area contributed by atoms with Crippen molar-refractivity contribution in [3.63, 3.8) is 0 Å². The molecule has 2 fully saturated rings. The van der Waals surface area contributed by atoms with Crippen LogP contribution in [-0.4, -0.2) is 52.5 Å². The molecule has 1 atom stereocenters. The number of aliphatic hydroxyl groups is 1. The third-order valence-corrected chi connectivity index (χ3v) is 7.62. The molecule has 7 heteroatoms. The number of nitrogens with zero attached hydrogens (tertiary/aromatic N) is 5. The predicted molar refractivity (Wildman–Crippen MR) is 132 cm³/mol. The smallest absolute Gasteiger partial charge is 0.184 e. The SMILES string of the molecule is CN(C)[C@]1(c2ccccc2)CC[C@]2(CC1)CN(c1cnc(-c3cccc(C#N)c3)nc1)C(O)N2. The zero-order valence-electron chi connectivity index (χ0n) is 19.6. The van der Waals surface area contributed by atoms with Gasteiger partial charge in [-0.1, -0.05) is 42.5 Å². The number of aromatic nitrogens is 2. The fourth-order valence-corrected chi connectivity index (χ4v) is 5.58. The van der Waals surface area contributed by atoms with E-state index >= 15 is 0 Å². The summed E-state index contributed by atoms with van der Waals surface area (Å²) in [4.78, 5) is 13.3. The number of rotatable bonds is 4. The Hall–Kier alpha value is -3.31. The maximum Gasteiger partial charge on any atom is 0.184 e. The number of hydrogen-bond acceptors (Lipinski definition) is 7. The monoisotopic (exact) mass is 454 g/mol. The van der Waals surface area contributed by atoms with E-state index in [1.165, 1.54) is 5.56 Å². The number of nitriles is 1. The fraction of sp³-hybridized carbons (Fsp3) is 0.370. The summed E-state index contributed by atoms with van der Waals surface area (Å²) in [6.45, 7) is 0.707. The van der Waals surface area contributed by atoms with Crippen molar-refractivity contribution in [3.8, 4) is 17.5 Å². The lowest BCUT2D eigenvalue weighted by molar-refractivity contribution is 0.0513. The van der Waals surface area contributed by atoms with Gasteiger partial charge in [-0.15, -0.1) is 0 Å². The van der Waals surface area contributed by atoms with E-state index in [4.69, 9.17) is 5.26 Å². The molecule has 2 heterocycles. The molecule has 7 nitrogen and oxygen atoms in total. The van der Waals surface area contributed by atoms with Gasteiger partial charge < -0.3 is 10.0 Å². The second-order valence-corrected chi connectivity index (χ2v) is 9.68. The summed E-state index contributed by atoms with van der Waals surface area (Å²) < 4.78 is 0. The maximum absolute atomic E-state index is 10.9. The van der Waals surface area contributed by atoms with E-state index < -0.39 is 6.35 Å². The first-order chi connectivity index (χ1) is 16.4. The van der Waals surface area contributed by atoms with Crippen LogP contribution in [0.5, 0.6) is 0 Å². The molecule has 34 heavy (non-hydrogen) atoms. The standard InChI is InChI=1S/C27H30N6O/c1-32(2)27(22-9-4-3-5-10-22)13-11-26(12-14-27)19-33(25(34)31-26)23-17-29-24(30-18-23)21-8-6-7-20(15-21)16-28/h3-10,15,17-18,25,31,34H,11-14,19H2,1-2H3/t25?,26-,27+. The molecule has 2 aliphatic rings. The highest BCUT2D eigenvalue weighted by atomic mass is 16.3. The average molecular weight is 455 g/mol. The van der Waals surface area contributed by atoms with E-state index in [1.54, 1.807) is 24.5 Å². The quantitative estimate of drug-likeness (QED) is 0.624. The van der Waals surface area contributed by atoms with Crippen molar-refractivity contribution in [2.75, 3.05) is 25.5 Å². The first-order valence-electron chi connectivity index (χ1n) is 11.7. The molecule has 2 aromatic carbocycles. The van der Waals surface area contributed by atoms with Crippen molar-refractivity contribution in [2.24, 2.45) is 0 Å². The Morgan fingerprint density at radius 1 is 1.03 bits per heavy atom. The molecule has 5 rings (SSSR count). The van der Waals surface area contributed by atoms with Crippen LogP contribution in [0.1, 0.15) is 36.8 Å². The van der Waals surface area contributed by atoms with E-state index in [-0.39, 0.29) is 11.1 Å². The van der Waals surface area contributed by atoms with Crippen molar-refractivity contribution in [1.82, 2.24) is 20.2 Å². The van der Waals surface area contributed by atoms with Gasteiger partial charge in [-0.05, 0) is 57.5 Å². The highest BCUT2D eigenvalue weighted by Gasteiger charge is 2.50. The Labute approximate surface area is 200 Å². The van der Waals surface area contributed by atoms with Crippen LogP contribution < -0.4 is 10.2 Å². The van der Waals surface area contributed by atoms with Gasteiger partial charge in [0.25, 0.3) is 0 Å². The van der Waals surface area contributed by atoms with Crippen molar-refractivity contribution in [2.45, 2.75) is 43.1 Å². The average Bonchev–Trinajstić information content (AvgIpc) is 3.20. The second kappa shape index (κ2) is 8.80. The number of nitrogens with one attached hydrogen (secondary N) is 1. The van der Waals surface area contributed by atoms with Crippen molar-refractivity contribution >= 4 is 5.69 Å². The van der Waals surface area contributed by atoms with Crippen LogP contribution in [0.2, 0.25) is 0 Å². The molecular formula is C27H30N6O. The van der Waals surface area contributed by atoms with Gasteiger partial charge in [-0.2, -0.15) is 5.26 Å². The van der Waals surface area contributed by atoms with Gasteiger partial charge in [0.15, 0.2) is 12.2 Å². The van der Waals surface area contributed by atoms with Crippen LogP contribution >= 0.6 is 0 Å². The topological polar surface area (TPSA) is 88.3 Å². The molecule has 2 N–H and O–H groups in total. The predicted octanol–water partition coefficient (Wildman–Crippen LogP) is 3.47. The van der Waals surface area contributed by atoms with Crippen LogP contribution in [0.25, 0.3) is 11.4 Å². The Morgan fingerprint density at radius 2 is 1.74 bits per heavy atom. The van der Waals surface area contributed by atoms with Gasteiger partial charge in [0.2, 0.25) is 0 Å². The van der Waals surface area contributed by atoms with Crippen molar-refractivity contribution < 1.29 is 5.11 Å². The number of hydrogen-bond donors (Lipinski definition) is 2. The molecule has 0 amide bonds. The molecule has 3 aromatic rings. The second-order valence-electron chi connectivity index (χ2n) is 9.68. The molecule has 1 aliphatic carbocycles. The molecule has 1 saturated heterocycles. The number of anilines is 1. The normalized spacial score (nSPS) is 26.7. The van der Waals surface area contributed by atoms with E-state index in [9.17, 15) is 5.11 Å². The van der Waals surface area contributed by atoms with Gasteiger partial charge in [0.05, 0.1) is 29.7 Å². The molecule has 1 aromatic heterocycles. The Morgan fingerprint density at radius 3 is 2.38 bits per heavy atom. The van der Waals surface area contributed by atoms with Crippen LogP contribution in [0, 0.1) is 11.3 Å². The van der Waals surface area contributed by atoms with Gasteiger partial charge in [-0.3, -0.25) is 10.2 Å². The van der Waals surface area contributed by atoms with Gasteiger partial charge >= 0.3 is 0 Å². The Balaban J connectivity index is 1.32. The van der Waals surface area contributed by atoms with Crippen LogP contribution in [0.15, 0.2) is 67.0 Å². The van der Waals surface area contributed by atoms with Crippen LogP contribution in [-0.2, 0) is 5.54 Å². The first-order valence-corrected chi connectivity index (χ1v) is 11.7. The summed E-state index contributed by atoms with van der Waals surface area (Å²) in [5, 5.41) is 23.5. The van der Waals surface area contributed by atoms with E-state index in [2.05, 4.69) is 70.7 Å². The highest BCUT2D eigenvalue weighted by molar-refractivity contribution is 5.59. The molecule has 174 valence electrons. The third-order valence-electron chi connectivity index (χ3n) is 7.62. The number of benzene rings is 2. The summed E-state index contributed by atoms with van der Waals surface area (Å²) in [7, 11) is 4.33. The first kappa shape index (κ1) is 22.5. The largest absolute Gasteiger partial charge is 0.361 e. The zero-order chi connectivity index (χ0) is 23.8. The molecule has 0 bridgehead atoms. The van der Waals surface area contributed by atoms with Crippen LogP contribution in [0.3, 0.4) is 0 Å². The Bertz CT molecular complexity index is 1180. The molecule has 1 aliphatic heterocycles. The highest BCUT2D eigenvalue weighted by Crippen LogP contribution is 2.46. The lowest BCUT2D eigenvalue weighted by atomic mass is 9.69. The molecule has 1 unspecified atom stereocenters. The minimum atomic E-state index is -0.778. The van der Waals surface area contributed by atoms with E-state index in [0.29, 0.717) is 17.9 Å². The minimum Gasteiger partial charge on any atom is -0.361 e. The Kier molecular flexibility index (Phi) is 5.82. The van der Waals surface area contributed by atoms with Crippen molar-refractivity contribution in [3.05, 3.63) is 78.1 Å². The summed E-state index contributed by atoms with van der Waals surface area (Å²) in [6.07, 6.45) is 6.69. The molecule has 1 saturated carbocycles. The van der Waals surface area contributed by atoms with E-state index in [0.717, 1.165) is 36.9 Å². The maximum atomic E-state index is 10.9. The van der Waals surface area contributed by atoms with E-state index in [1.807, 2.05) is 17.0 Å². The number of aliphatic hydroxyl groups excluding tert-OH is 1.